The van der Waals surface area contributed by atoms with E-state index in [1.54, 1.807) is 0 Å². The predicted molar refractivity (Wildman–Crippen MR) is 55.1 cm³/mol. The van der Waals surface area contributed by atoms with E-state index in [-0.39, 0.29) is 17.1 Å². The quantitative estimate of drug-likeness (QED) is 0.720. The monoisotopic (exact) mass is 244 g/mol. The van der Waals surface area contributed by atoms with Crippen LogP contribution in [0.1, 0.15) is 0 Å². The van der Waals surface area contributed by atoms with Crippen molar-refractivity contribution in [2.24, 2.45) is 5.73 Å². The van der Waals surface area contributed by atoms with Crippen LogP contribution in [-0.2, 0) is 14.6 Å². The van der Waals surface area contributed by atoms with Gasteiger partial charge in [0.05, 0.1) is 10.6 Å². The van der Waals surface area contributed by atoms with E-state index in [0.29, 0.717) is 0 Å². The highest BCUT2D eigenvalue weighted by molar-refractivity contribution is 7.93. The Bertz CT molecular complexity index is 556. The van der Waals surface area contributed by atoms with E-state index in [4.69, 9.17) is 5.73 Å². The molecule has 5 nitrogen and oxygen atoms in total. The maximum atomic E-state index is 13.3. The van der Waals surface area contributed by atoms with Gasteiger partial charge in [-0.25, -0.2) is 12.8 Å². The van der Waals surface area contributed by atoms with Crippen LogP contribution in [0.25, 0.3) is 0 Å². The molecule has 0 bridgehead atoms. The minimum atomic E-state index is -3.88. The van der Waals surface area contributed by atoms with E-state index in [1.807, 2.05) is 0 Å². The molecule has 7 heteroatoms. The molecule has 3 N–H and O–H groups in total. The van der Waals surface area contributed by atoms with E-state index in [0.717, 1.165) is 6.07 Å². The van der Waals surface area contributed by atoms with Crippen LogP contribution in [0.3, 0.4) is 0 Å². The fourth-order valence-electron chi connectivity index (χ4n) is 1.59. The van der Waals surface area contributed by atoms with Gasteiger partial charge >= 0.3 is 0 Å². The van der Waals surface area contributed by atoms with Gasteiger partial charge in [0.25, 0.3) is 0 Å². The zero-order valence-electron chi connectivity index (χ0n) is 8.10. The maximum absolute atomic E-state index is 13.3. The number of anilines is 1. The average Bonchev–Trinajstić information content (AvgIpc) is 2.20. The van der Waals surface area contributed by atoms with Crippen molar-refractivity contribution in [1.82, 2.24) is 0 Å². The lowest BCUT2D eigenvalue weighted by Crippen LogP contribution is -2.44. The van der Waals surface area contributed by atoms with Gasteiger partial charge in [0.1, 0.15) is 5.82 Å². The van der Waals surface area contributed by atoms with Crippen LogP contribution < -0.4 is 11.1 Å². The van der Waals surface area contributed by atoms with Crippen LogP contribution in [0.2, 0.25) is 0 Å². The van der Waals surface area contributed by atoms with E-state index in [1.165, 1.54) is 12.1 Å². The number of benzene rings is 1. The summed E-state index contributed by atoms with van der Waals surface area (Å²) in [5.41, 5.74) is 4.94. The highest BCUT2D eigenvalue weighted by atomic mass is 32.2. The number of nitrogens with two attached hydrogens (primary N) is 1. The second-order valence-corrected chi connectivity index (χ2v) is 5.47. The zero-order valence-corrected chi connectivity index (χ0v) is 8.92. The van der Waals surface area contributed by atoms with E-state index >= 15 is 0 Å². The summed E-state index contributed by atoms with van der Waals surface area (Å²) >= 11 is 0. The summed E-state index contributed by atoms with van der Waals surface area (Å²) in [6.45, 7) is -0.329. The molecular formula is C9H9FN2O3S. The van der Waals surface area contributed by atoms with Crippen molar-refractivity contribution in [2.75, 3.05) is 11.9 Å². The fraction of sp³-hybridized carbons (Fsp3) is 0.222. The number of rotatable bonds is 1. The maximum Gasteiger partial charge on any atom is 0.244 e. The SMILES string of the molecule is NCC1C(=O)Nc2c(F)cccc2S1(=O)=O. The molecule has 1 atom stereocenters. The zero-order chi connectivity index (χ0) is 11.9. The van der Waals surface area contributed by atoms with E-state index in [9.17, 15) is 17.6 Å². The molecule has 1 heterocycles. The molecule has 0 aliphatic carbocycles. The number of nitrogens with one attached hydrogen (secondary N) is 1. The first-order valence-corrected chi connectivity index (χ1v) is 6.06. The van der Waals surface area contributed by atoms with Crippen LogP contribution in [0.5, 0.6) is 0 Å². The summed E-state index contributed by atoms with van der Waals surface area (Å²) in [5.74, 6) is -1.56. The molecule has 1 aliphatic rings. The first-order chi connectivity index (χ1) is 7.48. The van der Waals surface area contributed by atoms with Gasteiger partial charge in [0.2, 0.25) is 5.91 Å². The van der Waals surface area contributed by atoms with E-state index < -0.39 is 26.8 Å². The molecule has 1 aromatic rings. The van der Waals surface area contributed by atoms with Crippen molar-refractivity contribution >= 4 is 21.4 Å². The molecule has 0 spiro atoms. The smallest absolute Gasteiger partial charge is 0.244 e. The normalized spacial score (nSPS) is 22.4. The summed E-state index contributed by atoms with van der Waals surface area (Å²) in [6.07, 6.45) is 0. The minimum Gasteiger partial charge on any atom is -0.329 e. The summed E-state index contributed by atoms with van der Waals surface area (Å²) < 4.78 is 37.1. The standard InChI is InChI=1S/C9H9FN2O3S/c10-5-2-1-3-6-8(5)12-9(13)7(4-11)16(6,14)15/h1-3,7H,4,11H2,(H,12,13). The van der Waals surface area contributed by atoms with Crippen LogP contribution in [0.15, 0.2) is 23.1 Å². The highest BCUT2D eigenvalue weighted by Crippen LogP contribution is 2.31. The Hall–Kier alpha value is -1.47. The van der Waals surface area contributed by atoms with Gasteiger partial charge in [-0.15, -0.1) is 0 Å². The summed E-state index contributed by atoms with van der Waals surface area (Å²) in [4.78, 5) is 11.2. The van der Waals surface area contributed by atoms with Crippen molar-refractivity contribution in [3.63, 3.8) is 0 Å². The molecule has 1 amide bonds. The number of carbonyl (C=O) groups is 1. The third kappa shape index (κ3) is 1.40. The van der Waals surface area contributed by atoms with Gasteiger partial charge in [-0.1, -0.05) is 6.07 Å². The van der Waals surface area contributed by atoms with Crippen molar-refractivity contribution in [3.05, 3.63) is 24.0 Å². The Balaban J connectivity index is 2.72. The lowest BCUT2D eigenvalue weighted by Gasteiger charge is -2.23. The van der Waals surface area contributed by atoms with Crippen molar-refractivity contribution in [1.29, 1.82) is 0 Å². The van der Waals surface area contributed by atoms with Gasteiger partial charge in [0.15, 0.2) is 15.1 Å². The predicted octanol–water partition coefficient (Wildman–Crippen LogP) is -0.121. The molecule has 86 valence electrons. The number of para-hydroxylation sites is 1. The molecule has 0 radical (unpaired) electrons. The van der Waals surface area contributed by atoms with Gasteiger partial charge in [-0.3, -0.25) is 4.79 Å². The largest absolute Gasteiger partial charge is 0.329 e. The second-order valence-electron chi connectivity index (χ2n) is 3.37. The van der Waals surface area contributed by atoms with Gasteiger partial charge in [0, 0.05) is 6.54 Å². The van der Waals surface area contributed by atoms with Gasteiger partial charge in [-0.2, -0.15) is 0 Å². The average molecular weight is 244 g/mol. The highest BCUT2D eigenvalue weighted by Gasteiger charge is 2.40. The Labute approximate surface area is 91.4 Å². The number of carbonyl (C=O) groups excluding carboxylic acids is 1. The number of fused-ring (bicyclic) bond motifs is 1. The Morgan fingerprint density at radius 3 is 2.75 bits per heavy atom. The second kappa shape index (κ2) is 3.53. The lowest BCUT2D eigenvalue weighted by atomic mass is 10.2. The molecule has 2 rings (SSSR count). The third-order valence-electron chi connectivity index (χ3n) is 2.41. The summed E-state index contributed by atoms with van der Waals surface area (Å²) in [6, 6.07) is 3.60. The molecule has 0 aromatic heterocycles. The number of hydrogen-bond acceptors (Lipinski definition) is 4. The molecule has 0 saturated heterocycles. The van der Waals surface area contributed by atoms with Crippen LogP contribution in [0.4, 0.5) is 10.1 Å². The first kappa shape index (κ1) is 11.0. The molecule has 16 heavy (non-hydrogen) atoms. The molecule has 0 fully saturated rings. The molecular weight excluding hydrogens is 235 g/mol. The summed E-state index contributed by atoms with van der Waals surface area (Å²) in [7, 11) is -3.88. The number of hydrogen-bond donors (Lipinski definition) is 2. The Morgan fingerprint density at radius 1 is 1.44 bits per heavy atom. The van der Waals surface area contributed by atoms with Crippen molar-refractivity contribution < 1.29 is 17.6 Å². The topological polar surface area (TPSA) is 89.3 Å². The van der Waals surface area contributed by atoms with Crippen molar-refractivity contribution in [2.45, 2.75) is 10.1 Å². The summed E-state index contributed by atoms with van der Waals surface area (Å²) in [5, 5.41) is 0.866. The number of amides is 1. The Morgan fingerprint density at radius 2 is 2.12 bits per heavy atom. The molecule has 1 unspecified atom stereocenters. The molecule has 0 saturated carbocycles. The van der Waals surface area contributed by atoms with Crippen LogP contribution in [0, 0.1) is 5.82 Å². The lowest BCUT2D eigenvalue weighted by molar-refractivity contribution is -0.115. The Kier molecular flexibility index (Phi) is 2.43. The molecule has 1 aromatic carbocycles. The first-order valence-electron chi connectivity index (χ1n) is 4.52. The molecule has 1 aliphatic heterocycles. The van der Waals surface area contributed by atoms with Crippen LogP contribution in [-0.4, -0.2) is 26.1 Å². The van der Waals surface area contributed by atoms with E-state index in [2.05, 4.69) is 5.32 Å². The number of halogens is 1. The van der Waals surface area contributed by atoms with Gasteiger partial charge < -0.3 is 11.1 Å². The third-order valence-corrected chi connectivity index (χ3v) is 4.52. The van der Waals surface area contributed by atoms with Gasteiger partial charge in [-0.05, 0) is 12.1 Å². The minimum absolute atomic E-state index is 0.220. The number of sulfone groups is 1. The van der Waals surface area contributed by atoms with Crippen molar-refractivity contribution in [3.8, 4) is 0 Å². The van der Waals surface area contributed by atoms with Crippen LogP contribution >= 0.6 is 0 Å². The fourth-order valence-corrected chi connectivity index (χ4v) is 3.20.